The van der Waals surface area contributed by atoms with Crippen molar-refractivity contribution in [2.45, 2.75) is 26.2 Å². The van der Waals surface area contributed by atoms with Crippen LogP contribution in [0.5, 0.6) is 0 Å². The molecule has 0 saturated carbocycles. The van der Waals surface area contributed by atoms with Crippen molar-refractivity contribution in [3.63, 3.8) is 0 Å². The highest BCUT2D eigenvalue weighted by molar-refractivity contribution is 5.10. The molecule has 1 aromatic heterocycles. The van der Waals surface area contributed by atoms with E-state index in [-0.39, 0.29) is 0 Å². The number of nitrogens with one attached hydrogen (secondary N) is 1. The van der Waals surface area contributed by atoms with Crippen LogP contribution in [0.15, 0.2) is 10.6 Å². The third-order valence-corrected chi connectivity index (χ3v) is 2.92. The summed E-state index contributed by atoms with van der Waals surface area (Å²) in [4.78, 5) is 0. The summed E-state index contributed by atoms with van der Waals surface area (Å²) in [5, 5.41) is 7.43. The zero-order chi connectivity index (χ0) is 9.26. The van der Waals surface area contributed by atoms with Crippen molar-refractivity contribution in [2.24, 2.45) is 5.92 Å². The highest BCUT2D eigenvalue weighted by Gasteiger charge is 2.24. The number of aromatic nitrogens is 1. The molecular formula is C10H16N2O. The zero-order valence-corrected chi connectivity index (χ0v) is 8.21. The summed E-state index contributed by atoms with van der Waals surface area (Å²) in [6.45, 7) is 6.43. The van der Waals surface area contributed by atoms with Gasteiger partial charge in [-0.25, -0.2) is 0 Å². The standard InChI is InChI=1S/C10H16N2O/c1-7-5-10(12-13-7)8(2)9-3-4-11-6-9/h5,8-9,11H,3-4,6H2,1-2H3. The van der Waals surface area contributed by atoms with Crippen molar-refractivity contribution in [3.8, 4) is 0 Å². The smallest absolute Gasteiger partial charge is 0.133 e. The molecule has 1 saturated heterocycles. The van der Waals surface area contributed by atoms with E-state index in [0.29, 0.717) is 5.92 Å². The van der Waals surface area contributed by atoms with Crippen molar-refractivity contribution < 1.29 is 4.52 Å². The Kier molecular flexibility index (Phi) is 2.36. The first-order valence-corrected chi connectivity index (χ1v) is 4.91. The van der Waals surface area contributed by atoms with Gasteiger partial charge in [-0.1, -0.05) is 12.1 Å². The van der Waals surface area contributed by atoms with E-state index in [4.69, 9.17) is 4.52 Å². The molecule has 3 heteroatoms. The van der Waals surface area contributed by atoms with Gasteiger partial charge in [-0.3, -0.25) is 0 Å². The largest absolute Gasteiger partial charge is 0.361 e. The summed E-state index contributed by atoms with van der Waals surface area (Å²) in [6, 6.07) is 2.04. The topological polar surface area (TPSA) is 38.1 Å². The molecule has 13 heavy (non-hydrogen) atoms. The van der Waals surface area contributed by atoms with Gasteiger partial charge < -0.3 is 9.84 Å². The maximum absolute atomic E-state index is 5.07. The molecule has 1 aliphatic heterocycles. The predicted octanol–water partition coefficient (Wildman–Crippen LogP) is 1.70. The molecule has 2 atom stereocenters. The molecule has 72 valence electrons. The first-order chi connectivity index (χ1) is 6.27. The summed E-state index contributed by atoms with van der Waals surface area (Å²) >= 11 is 0. The van der Waals surface area contributed by atoms with Gasteiger partial charge in [0, 0.05) is 12.0 Å². The van der Waals surface area contributed by atoms with E-state index >= 15 is 0 Å². The average Bonchev–Trinajstić information content (AvgIpc) is 2.72. The Balaban J connectivity index is 2.07. The van der Waals surface area contributed by atoms with E-state index in [1.54, 1.807) is 0 Å². The van der Waals surface area contributed by atoms with Crippen LogP contribution in [-0.4, -0.2) is 18.2 Å². The van der Waals surface area contributed by atoms with Crippen LogP contribution < -0.4 is 5.32 Å². The van der Waals surface area contributed by atoms with Crippen molar-refractivity contribution in [1.82, 2.24) is 10.5 Å². The summed E-state index contributed by atoms with van der Waals surface area (Å²) in [5.74, 6) is 2.16. The van der Waals surface area contributed by atoms with E-state index in [1.165, 1.54) is 6.42 Å². The highest BCUT2D eigenvalue weighted by Crippen LogP contribution is 2.27. The van der Waals surface area contributed by atoms with E-state index in [1.807, 2.05) is 13.0 Å². The van der Waals surface area contributed by atoms with Gasteiger partial charge in [0.15, 0.2) is 0 Å². The highest BCUT2D eigenvalue weighted by atomic mass is 16.5. The van der Waals surface area contributed by atoms with Crippen LogP contribution in [0.25, 0.3) is 0 Å². The van der Waals surface area contributed by atoms with Gasteiger partial charge in [0.2, 0.25) is 0 Å². The second-order valence-corrected chi connectivity index (χ2v) is 3.90. The van der Waals surface area contributed by atoms with Crippen LogP contribution in [0, 0.1) is 12.8 Å². The lowest BCUT2D eigenvalue weighted by atomic mass is 9.90. The van der Waals surface area contributed by atoms with E-state index in [2.05, 4.69) is 17.4 Å². The fourth-order valence-electron chi connectivity index (χ4n) is 1.95. The van der Waals surface area contributed by atoms with E-state index in [0.717, 1.165) is 30.5 Å². The fourth-order valence-corrected chi connectivity index (χ4v) is 1.95. The molecule has 2 rings (SSSR count). The van der Waals surface area contributed by atoms with Crippen molar-refractivity contribution >= 4 is 0 Å². The quantitative estimate of drug-likeness (QED) is 0.752. The van der Waals surface area contributed by atoms with Crippen LogP contribution in [0.2, 0.25) is 0 Å². The maximum atomic E-state index is 5.07. The molecule has 0 aliphatic carbocycles. The first-order valence-electron chi connectivity index (χ1n) is 4.91. The Hall–Kier alpha value is -0.830. The van der Waals surface area contributed by atoms with Gasteiger partial charge in [-0.2, -0.15) is 0 Å². The molecular weight excluding hydrogens is 164 g/mol. The fraction of sp³-hybridized carbons (Fsp3) is 0.700. The van der Waals surface area contributed by atoms with Gasteiger partial charge in [0.05, 0.1) is 5.69 Å². The third kappa shape index (κ3) is 1.75. The number of nitrogens with zero attached hydrogens (tertiary/aromatic N) is 1. The van der Waals surface area contributed by atoms with Gasteiger partial charge in [-0.05, 0) is 32.4 Å². The number of hydrogen-bond donors (Lipinski definition) is 1. The van der Waals surface area contributed by atoms with Gasteiger partial charge in [0.1, 0.15) is 5.76 Å². The summed E-state index contributed by atoms with van der Waals surface area (Å²) in [7, 11) is 0. The zero-order valence-electron chi connectivity index (χ0n) is 8.21. The lowest BCUT2D eigenvalue weighted by Crippen LogP contribution is -2.14. The molecule has 1 aliphatic rings. The minimum Gasteiger partial charge on any atom is -0.361 e. The van der Waals surface area contributed by atoms with Crippen molar-refractivity contribution in [2.75, 3.05) is 13.1 Å². The molecule has 0 aromatic carbocycles. The molecule has 1 N–H and O–H groups in total. The molecule has 2 heterocycles. The molecule has 1 fully saturated rings. The summed E-state index contributed by atoms with van der Waals surface area (Å²) in [5.41, 5.74) is 1.10. The Morgan fingerprint density at radius 1 is 1.69 bits per heavy atom. The lowest BCUT2D eigenvalue weighted by molar-refractivity contribution is 0.373. The Bertz CT molecular complexity index is 276. The minimum atomic E-state index is 0.521. The van der Waals surface area contributed by atoms with Gasteiger partial charge in [0.25, 0.3) is 0 Å². The van der Waals surface area contributed by atoms with E-state index in [9.17, 15) is 0 Å². The second-order valence-electron chi connectivity index (χ2n) is 3.90. The van der Waals surface area contributed by atoms with E-state index < -0.39 is 0 Å². The number of hydrogen-bond acceptors (Lipinski definition) is 3. The molecule has 0 spiro atoms. The second kappa shape index (κ2) is 3.50. The Morgan fingerprint density at radius 2 is 2.54 bits per heavy atom. The average molecular weight is 180 g/mol. The van der Waals surface area contributed by atoms with Crippen LogP contribution in [-0.2, 0) is 0 Å². The SMILES string of the molecule is Cc1cc(C(C)C2CCNC2)no1. The normalized spacial score (nSPS) is 24.9. The molecule has 1 aromatic rings. The summed E-state index contributed by atoms with van der Waals surface area (Å²) < 4.78 is 5.07. The van der Waals surface area contributed by atoms with Crippen LogP contribution in [0.1, 0.15) is 30.7 Å². The predicted molar refractivity (Wildman–Crippen MR) is 50.6 cm³/mol. The molecule has 0 bridgehead atoms. The summed E-state index contributed by atoms with van der Waals surface area (Å²) in [6.07, 6.45) is 1.26. The third-order valence-electron chi connectivity index (χ3n) is 2.92. The van der Waals surface area contributed by atoms with Gasteiger partial charge >= 0.3 is 0 Å². The molecule has 0 radical (unpaired) electrons. The maximum Gasteiger partial charge on any atom is 0.133 e. The van der Waals surface area contributed by atoms with Crippen LogP contribution >= 0.6 is 0 Å². The number of rotatable bonds is 2. The van der Waals surface area contributed by atoms with Crippen molar-refractivity contribution in [1.29, 1.82) is 0 Å². The lowest BCUT2D eigenvalue weighted by Gasteiger charge is -2.14. The number of aryl methyl sites for hydroxylation is 1. The molecule has 0 amide bonds. The Morgan fingerprint density at radius 3 is 3.08 bits per heavy atom. The van der Waals surface area contributed by atoms with Gasteiger partial charge in [-0.15, -0.1) is 0 Å². The molecule has 3 nitrogen and oxygen atoms in total. The first kappa shape index (κ1) is 8.75. The van der Waals surface area contributed by atoms with Crippen LogP contribution in [0.4, 0.5) is 0 Å². The monoisotopic (exact) mass is 180 g/mol. The minimum absolute atomic E-state index is 0.521. The molecule has 2 unspecified atom stereocenters. The van der Waals surface area contributed by atoms with Crippen molar-refractivity contribution in [3.05, 3.63) is 17.5 Å². The van der Waals surface area contributed by atoms with Crippen LogP contribution in [0.3, 0.4) is 0 Å². The Labute approximate surface area is 78.5 Å².